The van der Waals surface area contributed by atoms with Crippen LogP contribution in [0, 0.1) is 11.8 Å². The van der Waals surface area contributed by atoms with E-state index in [2.05, 4.69) is 17.0 Å². The highest BCUT2D eigenvalue weighted by Crippen LogP contribution is 2.57. The first-order valence-corrected chi connectivity index (χ1v) is 6.36. The van der Waals surface area contributed by atoms with Crippen molar-refractivity contribution in [3.63, 3.8) is 0 Å². The normalized spacial score (nSPS) is 37.1. The Hall–Kier alpha value is -1.51. The van der Waals surface area contributed by atoms with Crippen LogP contribution < -0.4 is 4.90 Å². The van der Waals surface area contributed by atoms with Gasteiger partial charge in [0.25, 0.3) is 0 Å². The van der Waals surface area contributed by atoms with E-state index in [4.69, 9.17) is 0 Å². The van der Waals surface area contributed by atoms with Gasteiger partial charge in [0.15, 0.2) is 0 Å². The number of anilines is 1. The average molecular weight is 229 g/mol. The van der Waals surface area contributed by atoms with Gasteiger partial charge in [0.2, 0.25) is 0 Å². The van der Waals surface area contributed by atoms with Crippen LogP contribution >= 0.6 is 0 Å². The van der Waals surface area contributed by atoms with Crippen molar-refractivity contribution in [3.8, 4) is 0 Å². The highest BCUT2D eigenvalue weighted by Gasteiger charge is 2.61. The van der Waals surface area contributed by atoms with Crippen LogP contribution in [0.25, 0.3) is 0 Å². The molecular formula is C14H15NO2. The van der Waals surface area contributed by atoms with Gasteiger partial charge in [-0.1, -0.05) is 18.2 Å². The molecule has 4 atom stereocenters. The number of carboxylic acid groups (broad SMARTS) is 1. The monoisotopic (exact) mass is 229 g/mol. The molecule has 88 valence electrons. The molecular weight excluding hydrogens is 214 g/mol. The quantitative estimate of drug-likeness (QED) is 0.799. The molecule has 4 unspecified atom stereocenters. The van der Waals surface area contributed by atoms with Crippen molar-refractivity contribution >= 4 is 11.7 Å². The van der Waals surface area contributed by atoms with Gasteiger partial charge in [-0.25, -0.2) is 4.79 Å². The fourth-order valence-electron chi connectivity index (χ4n) is 3.92. The molecule has 1 aromatic rings. The van der Waals surface area contributed by atoms with Crippen LogP contribution in [0.4, 0.5) is 5.69 Å². The van der Waals surface area contributed by atoms with Crippen LogP contribution in [-0.4, -0.2) is 23.2 Å². The lowest BCUT2D eigenvalue weighted by Crippen LogP contribution is -2.46. The van der Waals surface area contributed by atoms with Gasteiger partial charge in [0, 0.05) is 11.7 Å². The van der Waals surface area contributed by atoms with E-state index in [-0.39, 0.29) is 6.04 Å². The Balaban J connectivity index is 1.83. The van der Waals surface area contributed by atoms with Crippen LogP contribution in [0.5, 0.6) is 0 Å². The zero-order valence-corrected chi connectivity index (χ0v) is 9.54. The molecule has 1 saturated heterocycles. The molecule has 0 aromatic heterocycles. The lowest BCUT2D eigenvalue weighted by atomic mass is 9.94. The molecule has 0 spiro atoms. The van der Waals surface area contributed by atoms with E-state index >= 15 is 0 Å². The summed E-state index contributed by atoms with van der Waals surface area (Å²) in [5, 5.41) is 9.43. The fourth-order valence-corrected chi connectivity index (χ4v) is 3.92. The highest BCUT2D eigenvalue weighted by molar-refractivity contribution is 5.82. The van der Waals surface area contributed by atoms with Crippen molar-refractivity contribution in [2.24, 2.45) is 11.8 Å². The molecule has 1 aromatic carbocycles. The van der Waals surface area contributed by atoms with Crippen LogP contribution in [0.1, 0.15) is 18.4 Å². The van der Waals surface area contributed by atoms with E-state index in [0.717, 1.165) is 19.3 Å². The minimum absolute atomic E-state index is 0.272. The standard InChI is InChI=1S/C14H15NO2/c16-14(17)13-10-7-9(10)12-6-5-8-3-1-2-4-11(8)15(12)13/h1-4,9-10,12-13H,5-7H2,(H,16,17). The highest BCUT2D eigenvalue weighted by atomic mass is 16.4. The van der Waals surface area contributed by atoms with E-state index in [1.807, 2.05) is 12.1 Å². The Labute approximate surface area is 100 Å². The zero-order valence-electron chi connectivity index (χ0n) is 9.54. The van der Waals surface area contributed by atoms with Crippen molar-refractivity contribution in [2.45, 2.75) is 31.3 Å². The Morgan fingerprint density at radius 3 is 2.94 bits per heavy atom. The molecule has 3 aliphatic rings. The number of rotatable bonds is 1. The Kier molecular flexibility index (Phi) is 1.70. The summed E-state index contributed by atoms with van der Waals surface area (Å²) < 4.78 is 0. The molecule has 0 amide bonds. The molecule has 0 radical (unpaired) electrons. The van der Waals surface area contributed by atoms with Crippen LogP contribution in [0.15, 0.2) is 24.3 Å². The molecule has 1 aliphatic carbocycles. The molecule has 17 heavy (non-hydrogen) atoms. The van der Waals surface area contributed by atoms with Crippen molar-refractivity contribution in [1.82, 2.24) is 0 Å². The number of carbonyl (C=O) groups is 1. The summed E-state index contributed by atoms with van der Waals surface area (Å²) in [5.41, 5.74) is 2.49. The van der Waals surface area contributed by atoms with Gasteiger partial charge in [-0.2, -0.15) is 0 Å². The average Bonchev–Trinajstić information content (AvgIpc) is 3.03. The molecule has 0 bridgehead atoms. The van der Waals surface area contributed by atoms with E-state index < -0.39 is 5.97 Å². The minimum atomic E-state index is -0.642. The first-order chi connectivity index (χ1) is 8.27. The fraction of sp³-hybridized carbons (Fsp3) is 0.500. The number of carboxylic acids is 1. The number of nitrogens with zero attached hydrogens (tertiary/aromatic N) is 1. The third-order valence-corrected chi connectivity index (χ3v) is 4.68. The van der Waals surface area contributed by atoms with Gasteiger partial charge in [-0.05, 0) is 42.7 Å². The van der Waals surface area contributed by atoms with Gasteiger partial charge in [-0.15, -0.1) is 0 Å². The molecule has 3 heteroatoms. The van der Waals surface area contributed by atoms with Gasteiger partial charge in [-0.3, -0.25) is 0 Å². The summed E-state index contributed by atoms with van der Waals surface area (Å²) in [6.07, 6.45) is 3.36. The molecule has 1 saturated carbocycles. The number of para-hydroxylation sites is 1. The number of piperidine rings is 1. The third-order valence-electron chi connectivity index (χ3n) is 4.68. The Morgan fingerprint density at radius 1 is 1.29 bits per heavy atom. The number of aryl methyl sites for hydroxylation is 1. The number of fused-ring (bicyclic) bond motifs is 5. The summed E-state index contributed by atoms with van der Waals surface area (Å²) in [6, 6.07) is 8.49. The van der Waals surface area contributed by atoms with Crippen LogP contribution in [0.2, 0.25) is 0 Å². The largest absolute Gasteiger partial charge is 0.480 e. The lowest BCUT2D eigenvalue weighted by Gasteiger charge is -2.38. The van der Waals surface area contributed by atoms with Gasteiger partial charge in [0.05, 0.1) is 0 Å². The molecule has 2 aliphatic heterocycles. The van der Waals surface area contributed by atoms with Crippen LogP contribution in [0.3, 0.4) is 0 Å². The molecule has 1 N–H and O–H groups in total. The third kappa shape index (κ3) is 1.14. The van der Waals surface area contributed by atoms with Gasteiger partial charge >= 0.3 is 5.97 Å². The number of hydrogen-bond donors (Lipinski definition) is 1. The Morgan fingerprint density at radius 2 is 2.12 bits per heavy atom. The maximum Gasteiger partial charge on any atom is 0.326 e. The first kappa shape index (κ1) is 9.51. The predicted octanol–water partition coefficient (Wildman–Crippen LogP) is 1.91. The van der Waals surface area contributed by atoms with E-state index in [1.165, 1.54) is 11.3 Å². The van der Waals surface area contributed by atoms with Gasteiger partial charge < -0.3 is 10.0 Å². The van der Waals surface area contributed by atoms with Crippen molar-refractivity contribution < 1.29 is 9.90 Å². The molecule has 2 heterocycles. The van der Waals surface area contributed by atoms with Crippen molar-refractivity contribution in [3.05, 3.63) is 29.8 Å². The molecule has 2 fully saturated rings. The summed E-state index contributed by atoms with van der Waals surface area (Å²) in [4.78, 5) is 13.7. The van der Waals surface area contributed by atoms with Crippen LogP contribution in [-0.2, 0) is 11.2 Å². The first-order valence-electron chi connectivity index (χ1n) is 6.36. The summed E-state index contributed by atoms with van der Waals surface area (Å²) in [6.45, 7) is 0. The van der Waals surface area contributed by atoms with Crippen molar-refractivity contribution in [1.29, 1.82) is 0 Å². The number of hydrogen-bond acceptors (Lipinski definition) is 2. The lowest BCUT2D eigenvalue weighted by molar-refractivity contribution is -0.138. The number of aliphatic carboxylic acids is 1. The predicted molar refractivity (Wildman–Crippen MR) is 64.1 cm³/mol. The maximum absolute atomic E-state index is 11.5. The maximum atomic E-state index is 11.5. The molecule has 4 rings (SSSR count). The second-order valence-corrected chi connectivity index (χ2v) is 5.49. The summed E-state index contributed by atoms with van der Waals surface area (Å²) >= 11 is 0. The number of benzene rings is 1. The van der Waals surface area contributed by atoms with E-state index in [9.17, 15) is 9.90 Å². The molecule has 3 nitrogen and oxygen atoms in total. The second kappa shape index (κ2) is 3.03. The summed E-state index contributed by atoms with van der Waals surface area (Å²) in [7, 11) is 0. The minimum Gasteiger partial charge on any atom is -0.480 e. The van der Waals surface area contributed by atoms with Gasteiger partial charge in [0.1, 0.15) is 6.04 Å². The Bertz CT molecular complexity index is 499. The second-order valence-electron chi connectivity index (χ2n) is 5.49. The SMILES string of the molecule is O=C(O)C1C2CC2C2CCc3ccccc3N21. The topological polar surface area (TPSA) is 40.5 Å². The summed E-state index contributed by atoms with van der Waals surface area (Å²) in [5.74, 6) is 0.407. The smallest absolute Gasteiger partial charge is 0.326 e. The zero-order chi connectivity index (χ0) is 11.6. The van der Waals surface area contributed by atoms with E-state index in [0.29, 0.717) is 17.9 Å². The van der Waals surface area contributed by atoms with Crippen molar-refractivity contribution in [2.75, 3.05) is 4.90 Å². The van der Waals surface area contributed by atoms with E-state index in [1.54, 1.807) is 0 Å².